The van der Waals surface area contributed by atoms with E-state index in [1.807, 2.05) is 19.2 Å². The highest BCUT2D eigenvalue weighted by Crippen LogP contribution is 2.39. The van der Waals surface area contributed by atoms with Crippen molar-refractivity contribution in [2.45, 2.75) is 58.4 Å². The maximum atomic E-state index is 13.5. The van der Waals surface area contributed by atoms with Gasteiger partial charge in [0.2, 0.25) is 0 Å². The number of rotatable bonds is 14. The van der Waals surface area contributed by atoms with E-state index in [0.717, 1.165) is 23.8 Å². The number of non-ortho nitro benzene ring substituents is 1. The van der Waals surface area contributed by atoms with Gasteiger partial charge in [-0.1, -0.05) is 81.4 Å². The molecule has 0 unspecified atom stereocenters. The lowest BCUT2D eigenvalue weighted by atomic mass is 10.2. The van der Waals surface area contributed by atoms with Crippen molar-refractivity contribution >= 4 is 46.8 Å². The predicted molar refractivity (Wildman–Crippen MR) is 189 cm³/mol. The molecular formula is C35H43N5O5SSi. The van der Waals surface area contributed by atoms with Gasteiger partial charge in [0.05, 0.1) is 17.6 Å². The third-order valence-corrected chi connectivity index (χ3v) is 14.4. The Balaban J connectivity index is 1.18. The van der Waals surface area contributed by atoms with Crippen LogP contribution in [0.4, 0.5) is 10.8 Å². The lowest BCUT2D eigenvalue weighted by Crippen LogP contribution is -2.70. The number of benzene rings is 3. The smallest absolute Gasteiger partial charge is 0.273 e. The van der Waals surface area contributed by atoms with E-state index < -0.39 is 13.2 Å². The van der Waals surface area contributed by atoms with Crippen LogP contribution < -0.4 is 20.8 Å². The summed E-state index contributed by atoms with van der Waals surface area (Å²) in [6, 6.07) is 27.5. The van der Waals surface area contributed by atoms with Crippen molar-refractivity contribution in [3.63, 3.8) is 0 Å². The minimum Gasteiger partial charge on any atom is -0.401 e. The van der Waals surface area contributed by atoms with Crippen molar-refractivity contribution in [3.05, 3.63) is 112 Å². The predicted octanol–water partition coefficient (Wildman–Crippen LogP) is 5.39. The molecule has 0 spiro atoms. The zero-order valence-electron chi connectivity index (χ0n) is 27.6. The zero-order valence-corrected chi connectivity index (χ0v) is 29.4. The molecule has 1 N–H and O–H groups in total. The van der Waals surface area contributed by atoms with Crippen LogP contribution in [0.25, 0.3) is 0 Å². The summed E-state index contributed by atoms with van der Waals surface area (Å²) in [6.45, 7) is 13.4. The van der Waals surface area contributed by atoms with Crippen LogP contribution in [0, 0.1) is 10.1 Å². The molecule has 248 valence electrons. The monoisotopic (exact) mass is 673 g/mol. The molecule has 1 aliphatic heterocycles. The molecule has 1 fully saturated rings. The van der Waals surface area contributed by atoms with E-state index in [4.69, 9.17) is 14.2 Å². The third-order valence-electron chi connectivity index (χ3n) is 8.42. The highest BCUT2D eigenvalue weighted by Gasteiger charge is 2.52. The molecule has 3 aromatic carbocycles. The van der Waals surface area contributed by atoms with Crippen molar-refractivity contribution < 1.29 is 19.0 Å². The lowest BCUT2D eigenvalue weighted by Gasteiger charge is -2.49. The number of nitro benzene ring substituents is 1. The molecule has 47 heavy (non-hydrogen) atoms. The van der Waals surface area contributed by atoms with Crippen molar-refractivity contribution in [2.24, 2.45) is 0 Å². The minimum atomic E-state index is -2.64. The highest BCUT2D eigenvalue weighted by atomic mass is 32.1. The number of hydroxylamine groups is 1. The van der Waals surface area contributed by atoms with Crippen LogP contribution in [0.15, 0.2) is 90.3 Å². The molecule has 4 aromatic rings. The number of anilines is 1. The van der Waals surface area contributed by atoms with Gasteiger partial charge >= 0.3 is 0 Å². The van der Waals surface area contributed by atoms with Gasteiger partial charge in [-0.05, 0) is 47.0 Å². The number of carbonyl (C=O) groups excluding carboxylic acids is 1. The average Bonchev–Trinajstić information content (AvgIpc) is 3.52. The van der Waals surface area contributed by atoms with Gasteiger partial charge in [-0.25, -0.2) is 10.5 Å². The van der Waals surface area contributed by atoms with E-state index in [1.165, 1.54) is 33.8 Å². The first-order valence-electron chi connectivity index (χ1n) is 15.9. The largest absolute Gasteiger partial charge is 0.401 e. The normalized spacial score (nSPS) is 13.9. The van der Waals surface area contributed by atoms with Crippen LogP contribution in [-0.2, 0) is 15.9 Å². The summed E-state index contributed by atoms with van der Waals surface area (Å²) in [5, 5.41) is 15.9. The van der Waals surface area contributed by atoms with E-state index in [1.54, 1.807) is 17.0 Å². The molecule has 12 heteroatoms. The second-order valence-corrected chi connectivity index (χ2v) is 18.1. The summed E-state index contributed by atoms with van der Waals surface area (Å²) in [5.74, 6) is -0.125. The summed E-state index contributed by atoms with van der Waals surface area (Å²) in [5.41, 5.74) is 4.17. The molecule has 0 radical (unpaired) electrons. The van der Waals surface area contributed by atoms with Gasteiger partial charge in [-0.3, -0.25) is 19.7 Å². The lowest BCUT2D eigenvalue weighted by molar-refractivity contribution is -0.384. The number of thiazole rings is 1. The van der Waals surface area contributed by atoms with Gasteiger partial charge in [0.25, 0.3) is 19.9 Å². The number of nitro groups is 1. The Kier molecular flexibility index (Phi) is 10.9. The molecule has 0 bridgehead atoms. The Morgan fingerprint density at radius 1 is 1.04 bits per heavy atom. The first-order valence-corrected chi connectivity index (χ1v) is 18.7. The van der Waals surface area contributed by atoms with Crippen molar-refractivity contribution in [2.75, 3.05) is 31.1 Å². The summed E-state index contributed by atoms with van der Waals surface area (Å²) >= 11 is 1.48. The Bertz CT molecular complexity index is 1580. The topological polar surface area (TPSA) is 110 Å². The van der Waals surface area contributed by atoms with Gasteiger partial charge < -0.3 is 14.2 Å². The molecule has 1 aromatic heterocycles. The van der Waals surface area contributed by atoms with Crippen molar-refractivity contribution in [1.29, 1.82) is 0 Å². The maximum absolute atomic E-state index is 13.5. The van der Waals surface area contributed by atoms with Crippen molar-refractivity contribution in [3.8, 4) is 0 Å². The fourth-order valence-electron chi connectivity index (χ4n) is 5.95. The number of hydrogen-bond acceptors (Lipinski definition) is 9. The number of nitrogens with zero attached hydrogens (tertiary/aromatic N) is 4. The quantitative estimate of drug-likeness (QED) is 0.0822. The van der Waals surface area contributed by atoms with E-state index in [2.05, 4.69) is 91.8 Å². The van der Waals surface area contributed by atoms with Crippen LogP contribution in [0.2, 0.25) is 5.04 Å². The van der Waals surface area contributed by atoms with Crippen LogP contribution in [0.1, 0.15) is 50.7 Å². The first kappa shape index (κ1) is 34.4. The fourth-order valence-corrected chi connectivity index (χ4v) is 11.4. The molecule has 2 heterocycles. The Labute approximate surface area is 281 Å². The summed E-state index contributed by atoms with van der Waals surface area (Å²) in [7, 11) is -2.64. The van der Waals surface area contributed by atoms with Crippen molar-refractivity contribution in [1.82, 2.24) is 15.4 Å². The van der Waals surface area contributed by atoms with Crippen LogP contribution >= 0.6 is 11.3 Å². The minimum absolute atomic E-state index is 0.0302. The Hall–Kier alpha value is -3.94. The van der Waals surface area contributed by atoms with Gasteiger partial charge in [0.1, 0.15) is 5.69 Å². The van der Waals surface area contributed by atoms with Gasteiger partial charge in [-0.15, -0.1) is 11.3 Å². The Morgan fingerprint density at radius 3 is 2.17 bits per heavy atom. The molecular weight excluding hydrogens is 631 g/mol. The van der Waals surface area contributed by atoms with Crippen LogP contribution in [-0.4, -0.2) is 67.4 Å². The number of hydrogen-bond donors (Lipinski definition) is 1. The standard InChI is InChI=1S/C35H43N5O5SSi/c1-26(2)39(21-20-36-44-24-27-16-18-28(19-17-27)40(42)43)33(41)32-25-46-34(37-32)38-22-29(23-38)45-47(35(3,4)5,30-12-8-6-9-13-30)31-14-10-7-11-15-31/h6-19,25-26,29,36H,20-24H2,1-5H3. The molecule has 1 aliphatic rings. The molecule has 1 saturated heterocycles. The Morgan fingerprint density at radius 2 is 1.64 bits per heavy atom. The summed E-state index contributed by atoms with van der Waals surface area (Å²) < 4.78 is 7.25. The van der Waals surface area contributed by atoms with E-state index in [0.29, 0.717) is 18.8 Å². The van der Waals surface area contributed by atoms with Gasteiger partial charge in [-0.2, -0.15) is 0 Å². The molecule has 5 rings (SSSR count). The molecule has 1 amide bonds. The van der Waals surface area contributed by atoms with Gasteiger partial charge in [0.15, 0.2) is 5.13 Å². The van der Waals surface area contributed by atoms with E-state index in [-0.39, 0.29) is 35.4 Å². The summed E-state index contributed by atoms with van der Waals surface area (Å²) in [6.07, 6.45) is 0.0496. The van der Waals surface area contributed by atoms with E-state index >= 15 is 0 Å². The fraction of sp³-hybridized carbons (Fsp3) is 0.371. The zero-order chi connectivity index (χ0) is 33.6. The number of aromatic nitrogens is 1. The van der Waals surface area contributed by atoms with Crippen LogP contribution in [0.5, 0.6) is 0 Å². The highest BCUT2D eigenvalue weighted by molar-refractivity contribution is 7.14. The van der Waals surface area contributed by atoms with Crippen LogP contribution in [0.3, 0.4) is 0 Å². The summed E-state index contributed by atoms with van der Waals surface area (Å²) in [4.78, 5) is 38.1. The van der Waals surface area contributed by atoms with E-state index in [9.17, 15) is 14.9 Å². The third kappa shape index (κ3) is 7.79. The SMILES string of the molecule is CC(C)N(CCNOCc1ccc([N+](=O)[O-])cc1)C(=O)c1csc(N2CC(O[Si](c3ccccc3)(c3ccccc3)C(C)(C)C)C2)n1. The second kappa shape index (κ2) is 14.9. The molecule has 0 aliphatic carbocycles. The number of nitrogens with one attached hydrogen (secondary N) is 1. The van der Waals surface area contributed by atoms with Gasteiger partial charge in [0, 0.05) is 49.7 Å². The first-order chi connectivity index (χ1) is 22.5. The molecule has 0 saturated carbocycles. The maximum Gasteiger partial charge on any atom is 0.273 e. The molecule has 0 atom stereocenters. The number of amides is 1. The second-order valence-electron chi connectivity index (χ2n) is 13.0. The molecule has 10 nitrogen and oxygen atoms in total. The number of carbonyl (C=O) groups is 1. The average molecular weight is 674 g/mol.